The Hall–Kier alpha value is -1.51. The largest absolute Gasteiger partial charge is 0.356 e. The third-order valence-corrected chi connectivity index (χ3v) is 5.33. The summed E-state index contributed by atoms with van der Waals surface area (Å²) in [5, 5.41) is 7.01. The van der Waals surface area contributed by atoms with Crippen molar-refractivity contribution < 1.29 is 0 Å². The molecule has 0 atom stereocenters. The zero-order chi connectivity index (χ0) is 14.7. The third-order valence-electron chi connectivity index (χ3n) is 5.33. The molecule has 0 radical (unpaired) electrons. The number of aliphatic imine (C=N–C) groups is 1. The highest BCUT2D eigenvalue weighted by molar-refractivity contribution is 5.79. The molecular formula is C18H27N3. The first-order valence-corrected chi connectivity index (χ1v) is 8.22. The monoisotopic (exact) mass is 285 g/mol. The van der Waals surface area contributed by atoms with E-state index < -0.39 is 0 Å². The van der Waals surface area contributed by atoms with Crippen molar-refractivity contribution in [1.82, 2.24) is 10.6 Å². The quantitative estimate of drug-likeness (QED) is 0.643. The van der Waals surface area contributed by atoms with Crippen LogP contribution in [0, 0.1) is 18.3 Å². The van der Waals surface area contributed by atoms with Gasteiger partial charge < -0.3 is 10.6 Å². The van der Waals surface area contributed by atoms with Crippen LogP contribution in [-0.4, -0.2) is 19.6 Å². The number of aryl methyl sites for hydroxylation is 1. The standard InChI is InChI=1S/C18H27N3/c1-14-6-3-4-7-15(14)12-20-17(19-2)21-13-18(10-5-11-18)16-8-9-16/h3-4,6-7,16H,5,8-13H2,1-2H3,(H2,19,20,21). The molecule has 0 aliphatic heterocycles. The lowest BCUT2D eigenvalue weighted by Gasteiger charge is -2.43. The number of benzene rings is 1. The van der Waals surface area contributed by atoms with Crippen LogP contribution >= 0.6 is 0 Å². The van der Waals surface area contributed by atoms with Crippen molar-refractivity contribution >= 4 is 5.96 Å². The van der Waals surface area contributed by atoms with Crippen LogP contribution in [0.5, 0.6) is 0 Å². The van der Waals surface area contributed by atoms with Gasteiger partial charge in [-0.1, -0.05) is 30.7 Å². The molecule has 0 bridgehead atoms. The van der Waals surface area contributed by atoms with E-state index in [1.165, 1.54) is 43.2 Å². The molecule has 2 N–H and O–H groups in total. The van der Waals surface area contributed by atoms with Crippen molar-refractivity contribution in [2.45, 2.75) is 45.6 Å². The van der Waals surface area contributed by atoms with E-state index >= 15 is 0 Å². The molecule has 0 unspecified atom stereocenters. The van der Waals surface area contributed by atoms with Crippen molar-refractivity contribution in [3.63, 3.8) is 0 Å². The summed E-state index contributed by atoms with van der Waals surface area (Å²) < 4.78 is 0. The van der Waals surface area contributed by atoms with E-state index in [2.05, 4.69) is 46.8 Å². The Kier molecular flexibility index (Phi) is 4.18. The molecule has 2 aliphatic carbocycles. The van der Waals surface area contributed by atoms with Crippen LogP contribution < -0.4 is 10.6 Å². The molecule has 1 aromatic carbocycles. The molecule has 3 rings (SSSR count). The smallest absolute Gasteiger partial charge is 0.191 e. The van der Waals surface area contributed by atoms with E-state index in [4.69, 9.17) is 0 Å². The fourth-order valence-electron chi connectivity index (χ4n) is 3.52. The Balaban J connectivity index is 1.51. The van der Waals surface area contributed by atoms with Crippen LogP contribution in [0.1, 0.15) is 43.2 Å². The van der Waals surface area contributed by atoms with Gasteiger partial charge in [0.1, 0.15) is 0 Å². The van der Waals surface area contributed by atoms with E-state index in [1.54, 1.807) is 0 Å². The molecule has 1 aromatic rings. The van der Waals surface area contributed by atoms with Gasteiger partial charge in [-0.05, 0) is 55.1 Å². The molecule has 3 heteroatoms. The highest BCUT2D eigenvalue weighted by Crippen LogP contribution is 2.56. The normalized spacial score (nSPS) is 20.8. The topological polar surface area (TPSA) is 36.4 Å². The zero-order valence-corrected chi connectivity index (χ0v) is 13.3. The number of nitrogens with zero attached hydrogens (tertiary/aromatic N) is 1. The maximum atomic E-state index is 4.37. The first kappa shape index (κ1) is 14.4. The average molecular weight is 285 g/mol. The van der Waals surface area contributed by atoms with Crippen LogP contribution in [0.3, 0.4) is 0 Å². The van der Waals surface area contributed by atoms with Gasteiger partial charge in [0.25, 0.3) is 0 Å². The van der Waals surface area contributed by atoms with Gasteiger partial charge in [0.2, 0.25) is 0 Å². The lowest BCUT2D eigenvalue weighted by atomic mass is 9.65. The Morgan fingerprint density at radius 3 is 2.57 bits per heavy atom. The molecule has 114 valence electrons. The van der Waals surface area contributed by atoms with Crippen LogP contribution in [0.15, 0.2) is 29.3 Å². The van der Waals surface area contributed by atoms with Crippen molar-refractivity contribution in [3.8, 4) is 0 Å². The van der Waals surface area contributed by atoms with Crippen LogP contribution in [0.25, 0.3) is 0 Å². The minimum Gasteiger partial charge on any atom is -0.356 e. The molecule has 2 saturated carbocycles. The Labute approximate surface area is 128 Å². The first-order valence-electron chi connectivity index (χ1n) is 8.22. The van der Waals surface area contributed by atoms with Gasteiger partial charge in [0, 0.05) is 20.1 Å². The molecule has 0 amide bonds. The van der Waals surface area contributed by atoms with Crippen LogP contribution in [0.2, 0.25) is 0 Å². The fraction of sp³-hybridized carbons (Fsp3) is 0.611. The van der Waals surface area contributed by atoms with Crippen molar-refractivity contribution in [3.05, 3.63) is 35.4 Å². The highest BCUT2D eigenvalue weighted by Gasteiger charge is 2.48. The second kappa shape index (κ2) is 6.08. The Morgan fingerprint density at radius 2 is 2.00 bits per heavy atom. The van der Waals surface area contributed by atoms with Gasteiger partial charge in [-0.3, -0.25) is 4.99 Å². The number of nitrogens with one attached hydrogen (secondary N) is 2. The van der Waals surface area contributed by atoms with Crippen molar-refractivity contribution in [1.29, 1.82) is 0 Å². The molecule has 0 spiro atoms. The van der Waals surface area contributed by atoms with E-state index in [-0.39, 0.29) is 0 Å². The SMILES string of the molecule is CN=C(NCc1ccccc1C)NCC1(C2CC2)CCC1. The summed E-state index contributed by atoms with van der Waals surface area (Å²) in [5.41, 5.74) is 3.25. The Morgan fingerprint density at radius 1 is 1.24 bits per heavy atom. The van der Waals surface area contributed by atoms with E-state index in [9.17, 15) is 0 Å². The van der Waals surface area contributed by atoms with E-state index in [0.717, 1.165) is 25.0 Å². The number of hydrogen-bond donors (Lipinski definition) is 2. The molecule has 2 aliphatic rings. The van der Waals surface area contributed by atoms with E-state index in [0.29, 0.717) is 5.41 Å². The Bertz CT molecular complexity index is 513. The van der Waals surface area contributed by atoms with Crippen LogP contribution in [0.4, 0.5) is 0 Å². The molecule has 0 saturated heterocycles. The minimum atomic E-state index is 0.584. The van der Waals surface area contributed by atoms with Gasteiger partial charge in [-0.15, -0.1) is 0 Å². The van der Waals surface area contributed by atoms with Gasteiger partial charge in [0.15, 0.2) is 5.96 Å². The average Bonchev–Trinajstić information content (AvgIpc) is 3.27. The lowest BCUT2D eigenvalue weighted by molar-refractivity contribution is 0.106. The molecule has 0 heterocycles. The predicted octanol–water partition coefficient (Wildman–Crippen LogP) is 3.24. The lowest BCUT2D eigenvalue weighted by Crippen LogP contribution is -2.47. The summed E-state index contributed by atoms with van der Waals surface area (Å²) >= 11 is 0. The fourth-order valence-corrected chi connectivity index (χ4v) is 3.52. The highest BCUT2D eigenvalue weighted by atomic mass is 15.2. The summed E-state index contributed by atoms with van der Waals surface area (Å²) in [4.78, 5) is 4.37. The third kappa shape index (κ3) is 3.22. The maximum Gasteiger partial charge on any atom is 0.191 e. The first-order chi connectivity index (χ1) is 10.2. The van der Waals surface area contributed by atoms with Crippen molar-refractivity contribution in [2.24, 2.45) is 16.3 Å². The van der Waals surface area contributed by atoms with Gasteiger partial charge in [0.05, 0.1) is 0 Å². The van der Waals surface area contributed by atoms with Gasteiger partial charge in [-0.25, -0.2) is 0 Å². The summed E-state index contributed by atoms with van der Waals surface area (Å²) in [7, 11) is 1.86. The second-order valence-corrected chi connectivity index (χ2v) is 6.70. The molecule has 2 fully saturated rings. The number of rotatable bonds is 5. The van der Waals surface area contributed by atoms with Crippen LogP contribution in [-0.2, 0) is 6.54 Å². The molecule has 21 heavy (non-hydrogen) atoms. The molecular weight excluding hydrogens is 258 g/mol. The van der Waals surface area contributed by atoms with Crippen molar-refractivity contribution in [2.75, 3.05) is 13.6 Å². The number of guanidine groups is 1. The van der Waals surface area contributed by atoms with Gasteiger partial charge in [-0.2, -0.15) is 0 Å². The summed E-state index contributed by atoms with van der Waals surface area (Å²) in [6.45, 7) is 4.08. The predicted molar refractivity (Wildman–Crippen MR) is 88.4 cm³/mol. The summed E-state index contributed by atoms with van der Waals surface area (Å²) in [5.74, 6) is 1.92. The summed E-state index contributed by atoms with van der Waals surface area (Å²) in [6, 6.07) is 8.51. The summed E-state index contributed by atoms with van der Waals surface area (Å²) in [6.07, 6.45) is 7.10. The number of hydrogen-bond acceptors (Lipinski definition) is 1. The zero-order valence-electron chi connectivity index (χ0n) is 13.3. The van der Waals surface area contributed by atoms with E-state index in [1.807, 2.05) is 7.05 Å². The maximum absolute atomic E-state index is 4.37. The second-order valence-electron chi connectivity index (χ2n) is 6.70. The van der Waals surface area contributed by atoms with Gasteiger partial charge >= 0.3 is 0 Å². The minimum absolute atomic E-state index is 0.584. The molecule has 0 aromatic heterocycles. The molecule has 3 nitrogen and oxygen atoms in total.